The molecule has 0 radical (unpaired) electrons. The van der Waals surface area contributed by atoms with E-state index in [-0.39, 0.29) is 12.7 Å². The quantitative estimate of drug-likeness (QED) is 0.478. The third-order valence-electron chi connectivity index (χ3n) is 4.57. The summed E-state index contributed by atoms with van der Waals surface area (Å²) in [5.41, 5.74) is 1.19. The van der Waals surface area contributed by atoms with Crippen LogP contribution in [0.2, 0.25) is 5.02 Å². The summed E-state index contributed by atoms with van der Waals surface area (Å²) >= 11 is 7.72. The molecular formula is C20H15ClN4O3S. The Hall–Kier alpha value is -3.10. The fourth-order valence-corrected chi connectivity index (χ4v) is 4.41. The Morgan fingerprint density at radius 1 is 1.21 bits per heavy atom. The lowest BCUT2D eigenvalue weighted by Crippen LogP contribution is -2.34. The molecule has 5 rings (SSSR count). The van der Waals surface area contributed by atoms with Crippen LogP contribution in [0.3, 0.4) is 0 Å². The molecule has 4 aromatic rings. The van der Waals surface area contributed by atoms with Crippen molar-refractivity contribution in [2.24, 2.45) is 0 Å². The first kappa shape index (κ1) is 18.0. The normalized spacial score (nSPS) is 12.4. The second kappa shape index (κ2) is 7.38. The van der Waals surface area contributed by atoms with Gasteiger partial charge in [-0.3, -0.25) is 14.4 Å². The van der Waals surface area contributed by atoms with E-state index in [4.69, 9.17) is 21.1 Å². The SMILES string of the molecule is O=C(c1ccc2c(c1)OCO2)N(CCn1cccn1)c1nc2c(Cl)cccc2s1. The van der Waals surface area contributed by atoms with Crippen molar-refractivity contribution < 1.29 is 14.3 Å². The van der Waals surface area contributed by atoms with Crippen LogP contribution in [0.5, 0.6) is 11.5 Å². The highest BCUT2D eigenvalue weighted by atomic mass is 35.5. The molecule has 29 heavy (non-hydrogen) atoms. The lowest BCUT2D eigenvalue weighted by Gasteiger charge is -2.20. The van der Waals surface area contributed by atoms with Gasteiger partial charge in [0.1, 0.15) is 5.52 Å². The van der Waals surface area contributed by atoms with Gasteiger partial charge in [0, 0.05) is 24.5 Å². The summed E-state index contributed by atoms with van der Waals surface area (Å²) in [5.74, 6) is 1.03. The third kappa shape index (κ3) is 3.41. The van der Waals surface area contributed by atoms with Crippen molar-refractivity contribution in [3.63, 3.8) is 0 Å². The highest BCUT2D eigenvalue weighted by molar-refractivity contribution is 7.22. The number of carbonyl (C=O) groups is 1. The molecule has 1 aliphatic heterocycles. The Morgan fingerprint density at radius 2 is 2.10 bits per heavy atom. The maximum absolute atomic E-state index is 13.4. The number of carbonyl (C=O) groups excluding carboxylic acids is 1. The number of halogens is 1. The summed E-state index contributed by atoms with van der Waals surface area (Å²) in [5, 5.41) is 5.37. The molecule has 2 aromatic carbocycles. The topological polar surface area (TPSA) is 69.5 Å². The molecule has 0 saturated carbocycles. The predicted octanol–water partition coefficient (Wildman–Crippen LogP) is 4.22. The Labute approximate surface area is 175 Å². The van der Waals surface area contributed by atoms with Crippen LogP contribution in [0.25, 0.3) is 10.2 Å². The van der Waals surface area contributed by atoms with Gasteiger partial charge in [0.2, 0.25) is 6.79 Å². The molecule has 7 nitrogen and oxygen atoms in total. The average molecular weight is 427 g/mol. The molecule has 0 bridgehead atoms. The van der Waals surface area contributed by atoms with E-state index >= 15 is 0 Å². The first-order valence-electron chi connectivity index (χ1n) is 8.93. The van der Waals surface area contributed by atoms with Gasteiger partial charge in [0.25, 0.3) is 5.91 Å². The van der Waals surface area contributed by atoms with Crippen LogP contribution in [-0.4, -0.2) is 34.0 Å². The van der Waals surface area contributed by atoms with Gasteiger partial charge < -0.3 is 9.47 Å². The fourth-order valence-electron chi connectivity index (χ4n) is 3.12. The number of benzene rings is 2. The van der Waals surface area contributed by atoms with Crippen LogP contribution in [0.1, 0.15) is 10.4 Å². The highest BCUT2D eigenvalue weighted by Gasteiger charge is 2.24. The summed E-state index contributed by atoms with van der Waals surface area (Å²) in [4.78, 5) is 19.7. The lowest BCUT2D eigenvalue weighted by molar-refractivity contribution is 0.0985. The number of rotatable bonds is 5. The molecule has 1 aliphatic rings. The summed E-state index contributed by atoms with van der Waals surface area (Å²) in [6.45, 7) is 1.10. The second-order valence-electron chi connectivity index (χ2n) is 6.38. The van der Waals surface area contributed by atoms with Crippen LogP contribution < -0.4 is 14.4 Å². The minimum absolute atomic E-state index is 0.159. The Balaban J connectivity index is 1.51. The monoisotopic (exact) mass is 426 g/mol. The molecule has 1 amide bonds. The molecule has 3 heterocycles. The van der Waals surface area contributed by atoms with E-state index in [1.807, 2.05) is 24.4 Å². The number of aromatic nitrogens is 3. The van der Waals surface area contributed by atoms with Crippen LogP contribution in [0.15, 0.2) is 54.9 Å². The van der Waals surface area contributed by atoms with Crippen molar-refractivity contribution >= 4 is 44.2 Å². The van der Waals surface area contributed by atoms with Crippen molar-refractivity contribution in [2.75, 3.05) is 18.2 Å². The van der Waals surface area contributed by atoms with Gasteiger partial charge in [-0.05, 0) is 36.4 Å². The van der Waals surface area contributed by atoms with Crippen LogP contribution in [0, 0.1) is 0 Å². The van der Waals surface area contributed by atoms with Gasteiger partial charge in [-0.15, -0.1) is 0 Å². The molecule has 9 heteroatoms. The summed E-state index contributed by atoms with van der Waals surface area (Å²) in [6.07, 6.45) is 3.57. The maximum Gasteiger partial charge on any atom is 0.260 e. The molecule has 0 N–H and O–H groups in total. The highest BCUT2D eigenvalue weighted by Crippen LogP contribution is 2.35. The number of amides is 1. The zero-order chi connectivity index (χ0) is 19.8. The van der Waals surface area contributed by atoms with E-state index in [0.29, 0.717) is 45.8 Å². The zero-order valence-corrected chi connectivity index (χ0v) is 16.7. The van der Waals surface area contributed by atoms with Crippen LogP contribution in [-0.2, 0) is 6.54 Å². The van der Waals surface area contributed by atoms with Gasteiger partial charge in [-0.1, -0.05) is 29.0 Å². The number of thiazole rings is 1. The molecule has 0 fully saturated rings. The van der Waals surface area contributed by atoms with Crippen molar-refractivity contribution in [3.05, 3.63) is 65.4 Å². The summed E-state index contributed by atoms with van der Waals surface area (Å²) in [7, 11) is 0. The van der Waals surface area contributed by atoms with E-state index in [0.717, 1.165) is 4.70 Å². The fraction of sp³-hybridized carbons (Fsp3) is 0.150. The Bertz CT molecular complexity index is 1190. The molecular weight excluding hydrogens is 412 g/mol. The van der Waals surface area contributed by atoms with Crippen molar-refractivity contribution in [1.82, 2.24) is 14.8 Å². The van der Waals surface area contributed by atoms with Gasteiger partial charge >= 0.3 is 0 Å². The standard InChI is InChI=1S/C20H15ClN4O3S/c21-14-3-1-4-17-18(14)23-20(29-17)25(10-9-24-8-2-7-22-24)19(26)13-5-6-15-16(11-13)28-12-27-15/h1-8,11H,9-10,12H2. The molecule has 0 atom stereocenters. The first-order valence-corrected chi connectivity index (χ1v) is 10.1. The summed E-state index contributed by atoms with van der Waals surface area (Å²) in [6, 6.07) is 12.6. The van der Waals surface area contributed by atoms with Crippen molar-refractivity contribution in [3.8, 4) is 11.5 Å². The van der Waals surface area contributed by atoms with Gasteiger partial charge in [-0.2, -0.15) is 5.10 Å². The van der Waals surface area contributed by atoms with Crippen LogP contribution >= 0.6 is 22.9 Å². The molecule has 2 aromatic heterocycles. The van der Waals surface area contributed by atoms with Crippen molar-refractivity contribution in [2.45, 2.75) is 6.54 Å². The minimum atomic E-state index is -0.175. The van der Waals surface area contributed by atoms with Crippen LogP contribution in [0.4, 0.5) is 5.13 Å². The first-order chi connectivity index (χ1) is 14.2. The molecule has 0 spiro atoms. The Kier molecular flexibility index (Phi) is 4.57. The third-order valence-corrected chi connectivity index (χ3v) is 5.91. The number of ether oxygens (including phenoxy) is 2. The average Bonchev–Trinajstić information content (AvgIpc) is 3.48. The number of hydrogen-bond acceptors (Lipinski definition) is 6. The van der Waals surface area contributed by atoms with E-state index in [1.165, 1.54) is 11.3 Å². The lowest BCUT2D eigenvalue weighted by atomic mass is 10.2. The smallest absolute Gasteiger partial charge is 0.260 e. The van der Waals surface area contributed by atoms with Gasteiger partial charge in [0.15, 0.2) is 16.6 Å². The van der Waals surface area contributed by atoms with E-state index in [2.05, 4.69) is 10.1 Å². The minimum Gasteiger partial charge on any atom is -0.454 e. The molecule has 146 valence electrons. The molecule has 0 unspecified atom stereocenters. The molecule has 0 saturated heterocycles. The Morgan fingerprint density at radius 3 is 2.93 bits per heavy atom. The van der Waals surface area contributed by atoms with Crippen molar-refractivity contribution in [1.29, 1.82) is 0 Å². The number of nitrogens with zero attached hydrogens (tertiary/aromatic N) is 4. The molecule has 0 aliphatic carbocycles. The maximum atomic E-state index is 13.4. The second-order valence-corrected chi connectivity index (χ2v) is 7.79. The van der Waals surface area contributed by atoms with Gasteiger partial charge in [-0.25, -0.2) is 4.98 Å². The number of hydrogen-bond donors (Lipinski definition) is 0. The number of para-hydroxylation sites is 1. The van der Waals surface area contributed by atoms with E-state index in [1.54, 1.807) is 40.0 Å². The zero-order valence-electron chi connectivity index (χ0n) is 15.1. The number of fused-ring (bicyclic) bond motifs is 2. The summed E-state index contributed by atoms with van der Waals surface area (Å²) < 4.78 is 13.5. The van der Waals surface area contributed by atoms with E-state index in [9.17, 15) is 4.79 Å². The number of anilines is 1. The van der Waals surface area contributed by atoms with Gasteiger partial charge in [0.05, 0.1) is 16.3 Å². The van der Waals surface area contributed by atoms with E-state index < -0.39 is 0 Å². The largest absolute Gasteiger partial charge is 0.454 e. The predicted molar refractivity (Wildman–Crippen MR) is 111 cm³/mol.